The Morgan fingerprint density at radius 1 is 1.15 bits per heavy atom. The van der Waals surface area contributed by atoms with Gasteiger partial charge < -0.3 is 24.3 Å². The van der Waals surface area contributed by atoms with Crippen LogP contribution in [0.25, 0.3) is 0 Å². The Morgan fingerprint density at radius 2 is 1.88 bits per heavy atom. The summed E-state index contributed by atoms with van der Waals surface area (Å²) in [5, 5.41) is 3.63. The van der Waals surface area contributed by atoms with E-state index in [2.05, 4.69) is 25.7 Å². The Kier molecular flexibility index (Phi) is 9.08. The van der Waals surface area contributed by atoms with Crippen molar-refractivity contribution in [3.05, 3.63) is 53.6 Å². The fraction of sp³-hybridized carbons (Fsp3) is 0.594. The smallest absolute Gasteiger partial charge is 0.335 e. The number of allylic oxidation sites excluding steroid dienone is 1. The standard InChI is InChI=1S/C32H43NO7/c1-20-7-12-28-31(4,15-13-29(40-22(3)35)32(28,5)19-39-21(2)34)26(20)17-27(25-14-16-38-30(25)36)33-18-23-8-10-24(37-6)11-9-23/h8-11,14,26-29,33H,1,7,12-13,15-19H2,2-6H3/t26-,27?,28?,29+,31+,32-/m0/s1. The molecule has 0 bridgehead atoms. The van der Waals surface area contributed by atoms with E-state index in [1.165, 1.54) is 19.4 Å². The number of hydrogen-bond acceptors (Lipinski definition) is 8. The molecule has 40 heavy (non-hydrogen) atoms. The van der Waals surface area contributed by atoms with E-state index in [4.69, 9.17) is 18.9 Å². The number of hydrogen-bond donors (Lipinski definition) is 1. The molecule has 0 amide bonds. The van der Waals surface area contributed by atoms with Gasteiger partial charge in [-0.2, -0.15) is 0 Å². The van der Waals surface area contributed by atoms with Crippen LogP contribution in [-0.2, 0) is 35.1 Å². The number of benzene rings is 1. The summed E-state index contributed by atoms with van der Waals surface area (Å²) >= 11 is 0. The Balaban J connectivity index is 1.62. The molecule has 1 heterocycles. The SMILES string of the molecule is C=C1CCC2[C@](C)(COC(C)=O)[C@H](OC(C)=O)CC[C@]2(C)[C@H]1CC(NCc1ccc(OC)cc1)C1=CCOC1=O. The van der Waals surface area contributed by atoms with Crippen molar-refractivity contribution in [2.45, 2.75) is 78.5 Å². The third kappa shape index (κ3) is 6.12. The fourth-order valence-corrected chi connectivity index (χ4v) is 7.45. The van der Waals surface area contributed by atoms with Gasteiger partial charge in [-0.1, -0.05) is 38.1 Å². The lowest BCUT2D eigenvalue weighted by molar-refractivity contribution is -0.191. The minimum absolute atomic E-state index is 0.101. The normalized spacial score (nSPS) is 30.5. The van der Waals surface area contributed by atoms with Crippen LogP contribution in [0.4, 0.5) is 0 Å². The number of fused-ring (bicyclic) bond motifs is 1. The van der Waals surface area contributed by atoms with Crippen molar-refractivity contribution in [3.8, 4) is 5.75 Å². The molecule has 1 aliphatic heterocycles. The maximum Gasteiger partial charge on any atom is 0.335 e. The van der Waals surface area contributed by atoms with Crippen LogP contribution in [-0.4, -0.2) is 50.4 Å². The zero-order chi connectivity index (χ0) is 29.1. The molecule has 0 spiro atoms. The zero-order valence-corrected chi connectivity index (χ0v) is 24.4. The number of methoxy groups -OCH3 is 1. The Morgan fingerprint density at radius 3 is 2.48 bits per heavy atom. The van der Waals surface area contributed by atoms with Gasteiger partial charge in [-0.25, -0.2) is 4.79 Å². The van der Waals surface area contributed by atoms with Crippen LogP contribution in [0.5, 0.6) is 5.75 Å². The number of cyclic esters (lactones) is 1. The molecule has 3 aliphatic rings. The molecule has 1 aromatic rings. The van der Waals surface area contributed by atoms with Gasteiger partial charge in [-0.3, -0.25) is 9.59 Å². The van der Waals surface area contributed by atoms with Gasteiger partial charge in [0.25, 0.3) is 0 Å². The summed E-state index contributed by atoms with van der Waals surface area (Å²) in [4.78, 5) is 36.6. The van der Waals surface area contributed by atoms with Crippen molar-refractivity contribution in [1.29, 1.82) is 0 Å². The summed E-state index contributed by atoms with van der Waals surface area (Å²) < 4.78 is 22.0. The van der Waals surface area contributed by atoms with E-state index < -0.39 is 5.41 Å². The monoisotopic (exact) mass is 553 g/mol. The molecule has 0 saturated heterocycles. The Bertz CT molecular complexity index is 1160. The van der Waals surface area contributed by atoms with Crippen LogP contribution < -0.4 is 10.1 Å². The predicted octanol–water partition coefficient (Wildman–Crippen LogP) is 4.91. The van der Waals surface area contributed by atoms with E-state index in [9.17, 15) is 14.4 Å². The highest BCUT2D eigenvalue weighted by Gasteiger charge is 2.60. The van der Waals surface area contributed by atoms with Crippen LogP contribution in [0.3, 0.4) is 0 Å². The van der Waals surface area contributed by atoms with Gasteiger partial charge in [-0.05, 0) is 73.1 Å². The van der Waals surface area contributed by atoms with Gasteiger partial charge in [-0.15, -0.1) is 0 Å². The Hall–Kier alpha value is -3.13. The summed E-state index contributed by atoms with van der Waals surface area (Å²) in [6.07, 6.45) is 5.42. The summed E-state index contributed by atoms with van der Waals surface area (Å²) in [5.74, 6) is 0.0633. The van der Waals surface area contributed by atoms with Crippen LogP contribution in [0.15, 0.2) is 48.1 Å². The second-order valence-corrected chi connectivity index (χ2v) is 12.0. The molecule has 0 aromatic heterocycles. The van der Waals surface area contributed by atoms with Gasteiger partial charge >= 0.3 is 17.9 Å². The first-order valence-corrected chi connectivity index (χ1v) is 14.2. The molecule has 218 valence electrons. The van der Waals surface area contributed by atoms with Gasteiger partial charge in [0.15, 0.2) is 0 Å². The maximum absolute atomic E-state index is 12.7. The first-order valence-electron chi connectivity index (χ1n) is 14.2. The highest BCUT2D eigenvalue weighted by Crippen LogP contribution is 2.62. The molecular weight excluding hydrogens is 510 g/mol. The third-order valence-electron chi connectivity index (χ3n) is 9.52. The molecule has 6 atom stereocenters. The molecule has 4 rings (SSSR count). The maximum atomic E-state index is 12.7. The second-order valence-electron chi connectivity index (χ2n) is 12.0. The molecule has 2 unspecified atom stereocenters. The summed E-state index contributed by atoms with van der Waals surface area (Å²) in [6, 6.07) is 7.65. The zero-order valence-electron chi connectivity index (χ0n) is 24.4. The number of nitrogens with one attached hydrogen (secondary N) is 1. The molecule has 1 aromatic carbocycles. The lowest BCUT2D eigenvalue weighted by Gasteiger charge is -2.60. The lowest BCUT2D eigenvalue weighted by Crippen LogP contribution is -2.59. The van der Waals surface area contributed by atoms with E-state index in [1.807, 2.05) is 30.3 Å². The van der Waals surface area contributed by atoms with Crippen molar-refractivity contribution in [2.24, 2.45) is 22.7 Å². The van der Waals surface area contributed by atoms with E-state index in [1.54, 1.807) is 7.11 Å². The highest BCUT2D eigenvalue weighted by molar-refractivity contribution is 5.91. The molecule has 8 nitrogen and oxygen atoms in total. The van der Waals surface area contributed by atoms with E-state index in [0.717, 1.165) is 30.6 Å². The minimum atomic E-state index is -0.541. The molecular formula is C32H43NO7. The number of ether oxygens (including phenoxy) is 4. The number of carbonyl (C=O) groups is 3. The first kappa shape index (κ1) is 29.8. The van der Waals surface area contributed by atoms with Crippen LogP contribution in [0.1, 0.15) is 65.4 Å². The van der Waals surface area contributed by atoms with Crippen molar-refractivity contribution in [1.82, 2.24) is 5.32 Å². The van der Waals surface area contributed by atoms with Crippen molar-refractivity contribution >= 4 is 17.9 Å². The van der Waals surface area contributed by atoms with Gasteiger partial charge in [0.2, 0.25) is 0 Å². The van der Waals surface area contributed by atoms with Crippen molar-refractivity contribution < 1.29 is 33.3 Å². The van der Waals surface area contributed by atoms with E-state index >= 15 is 0 Å². The molecule has 0 radical (unpaired) electrons. The van der Waals surface area contributed by atoms with Crippen LogP contribution >= 0.6 is 0 Å². The van der Waals surface area contributed by atoms with Crippen molar-refractivity contribution in [3.63, 3.8) is 0 Å². The second kappa shape index (κ2) is 12.2. The average Bonchev–Trinajstić information content (AvgIpc) is 3.34. The number of esters is 3. The van der Waals surface area contributed by atoms with Gasteiger partial charge in [0, 0.05) is 31.8 Å². The Labute approximate surface area is 237 Å². The van der Waals surface area contributed by atoms with Crippen LogP contribution in [0, 0.1) is 22.7 Å². The largest absolute Gasteiger partial charge is 0.497 e. The number of rotatable bonds is 10. The quantitative estimate of drug-likeness (QED) is 0.248. The molecule has 2 aliphatic carbocycles. The molecule has 2 fully saturated rings. The van der Waals surface area contributed by atoms with Gasteiger partial charge in [0.1, 0.15) is 25.1 Å². The van der Waals surface area contributed by atoms with Gasteiger partial charge in [0.05, 0.1) is 12.7 Å². The minimum Gasteiger partial charge on any atom is -0.497 e. The summed E-state index contributed by atoms with van der Waals surface area (Å²) in [5.41, 5.74) is 2.18. The predicted molar refractivity (Wildman–Crippen MR) is 150 cm³/mol. The summed E-state index contributed by atoms with van der Waals surface area (Å²) in [6.45, 7) is 12.8. The number of carbonyl (C=O) groups excluding carboxylic acids is 3. The van der Waals surface area contributed by atoms with E-state index in [0.29, 0.717) is 25.0 Å². The molecule has 2 saturated carbocycles. The van der Waals surface area contributed by atoms with Crippen molar-refractivity contribution in [2.75, 3.05) is 20.3 Å². The third-order valence-corrected chi connectivity index (χ3v) is 9.52. The highest BCUT2D eigenvalue weighted by atomic mass is 16.6. The average molecular weight is 554 g/mol. The van der Waals surface area contributed by atoms with Crippen LogP contribution in [0.2, 0.25) is 0 Å². The lowest BCUT2D eigenvalue weighted by atomic mass is 9.46. The fourth-order valence-electron chi connectivity index (χ4n) is 7.45. The van der Waals surface area contributed by atoms with E-state index in [-0.39, 0.29) is 60.5 Å². The molecule has 1 N–H and O–H groups in total. The first-order chi connectivity index (χ1) is 19.0. The molecule has 8 heteroatoms. The summed E-state index contributed by atoms with van der Waals surface area (Å²) in [7, 11) is 1.64. The topological polar surface area (TPSA) is 100 Å².